The lowest BCUT2D eigenvalue weighted by atomic mass is 9.99. The highest BCUT2D eigenvalue weighted by Crippen LogP contribution is 2.29. The van der Waals surface area contributed by atoms with E-state index in [1.165, 1.54) is 16.7 Å². The minimum Gasteiger partial charge on any atom is -0.490 e. The molecule has 5 nitrogen and oxygen atoms in total. The fourth-order valence-corrected chi connectivity index (χ4v) is 3.84. The summed E-state index contributed by atoms with van der Waals surface area (Å²) in [4.78, 5) is 13.1. The summed E-state index contributed by atoms with van der Waals surface area (Å²) >= 11 is 0. The summed E-state index contributed by atoms with van der Waals surface area (Å²) in [6, 6.07) is 18.9. The topological polar surface area (TPSA) is 41.5 Å². The molecule has 3 aromatic rings. The molecule has 1 aliphatic heterocycles. The number of nitrogens with zero attached hydrogens (tertiary/aromatic N) is 4. The van der Waals surface area contributed by atoms with Crippen LogP contribution in [0.5, 0.6) is 5.75 Å². The van der Waals surface area contributed by atoms with Crippen LogP contribution < -0.4 is 9.64 Å². The number of piperidine rings is 1. The Hall–Kier alpha value is -2.92. The van der Waals surface area contributed by atoms with Gasteiger partial charge in [0, 0.05) is 44.9 Å². The molecular formula is C24H28N4O. The summed E-state index contributed by atoms with van der Waals surface area (Å²) in [7, 11) is 4.20. The van der Waals surface area contributed by atoms with Crippen LogP contribution in [0.1, 0.15) is 18.4 Å². The average Bonchev–Trinajstić information content (AvgIpc) is 2.75. The molecule has 1 aliphatic rings. The van der Waals surface area contributed by atoms with E-state index < -0.39 is 0 Å². The van der Waals surface area contributed by atoms with Gasteiger partial charge in [-0.15, -0.1) is 0 Å². The third-order valence-electron chi connectivity index (χ3n) is 5.23. The summed E-state index contributed by atoms with van der Waals surface area (Å²) < 4.78 is 6.34. The maximum Gasteiger partial charge on any atom is 0.225 e. The standard InChI is InChI=1S/C24H28N4O/c1-27(2)18-20-7-3-4-10-23(20)19-8-5-9-22(17-19)29-21-11-15-28(16-12-21)24-25-13-6-14-26-24/h3-10,13-14,17,21H,11-12,15-16,18H2,1-2H3. The van der Waals surface area contributed by atoms with E-state index in [4.69, 9.17) is 4.74 Å². The van der Waals surface area contributed by atoms with Crippen LogP contribution in [0, 0.1) is 0 Å². The van der Waals surface area contributed by atoms with E-state index in [-0.39, 0.29) is 6.10 Å². The van der Waals surface area contributed by atoms with Gasteiger partial charge in [-0.2, -0.15) is 0 Å². The Morgan fingerprint density at radius 2 is 1.72 bits per heavy atom. The first-order valence-corrected chi connectivity index (χ1v) is 10.2. The zero-order valence-electron chi connectivity index (χ0n) is 17.2. The van der Waals surface area contributed by atoms with Crippen LogP contribution in [0.2, 0.25) is 0 Å². The molecule has 1 saturated heterocycles. The van der Waals surface area contributed by atoms with Crippen LogP contribution in [0.25, 0.3) is 11.1 Å². The van der Waals surface area contributed by atoms with E-state index in [0.29, 0.717) is 0 Å². The second-order valence-electron chi connectivity index (χ2n) is 7.78. The quantitative estimate of drug-likeness (QED) is 0.631. The van der Waals surface area contributed by atoms with Crippen LogP contribution in [0.3, 0.4) is 0 Å². The molecule has 0 amide bonds. The predicted molar refractivity (Wildman–Crippen MR) is 117 cm³/mol. The molecule has 5 heteroatoms. The Labute approximate surface area is 173 Å². The van der Waals surface area contributed by atoms with Crippen molar-refractivity contribution < 1.29 is 4.74 Å². The average molecular weight is 389 g/mol. The highest BCUT2D eigenvalue weighted by molar-refractivity contribution is 5.68. The zero-order chi connectivity index (χ0) is 20.1. The molecule has 4 rings (SSSR count). The van der Waals surface area contributed by atoms with Gasteiger partial charge in [0.15, 0.2) is 0 Å². The lowest BCUT2D eigenvalue weighted by Gasteiger charge is -2.32. The fourth-order valence-electron chi connectivity index (χ4n) is 3.84. The van der Waals surface area contributed by atoms with Gasteiger partial charge in [-0.1, -0.05) is 36.4 Å². The minimum atomic E-state index is 0.224. The Balaban J connectivity index is 1.43. The predicted octanol–water partition coefficient (Wildman–Crippen LogP) is 4.25. The highest BCUT2D eigenvalue weighted by atomic mass is 16.5. The molecule has 29 heavy (non-hydrogen) atoms. The van der Waals surface area contributed by atoms with E-state index in [2.05, 4.69) is 82.4 Å². The van der Waals surface area contributed by atoms with Crippen molar-refractivity contribution in [1.82, 2.24) is 14.9 Å². The molecule has 0 bridgehead atoms. The number of hydrogen-bond acceptors (Lipinski definition) is 5. The largest absolute Gasteiger partial charge is 0.490 e. The second kappa shape index (κ2) is 9.05. The summed E-state index contributed by atoms with van der Waals surface area (Å²) in [6.45, 7) is 2.75. The zero-order valence-corrected chi connectivity index (χ0v) is 17.2. The summed E-state index contributed by atoms with van der Waals surface area (Å²) in [6.07, 6.45) is 5.76. The number of aromatic nitrogens is 2. The van der Waals surface area contributed by atoms with E-state index in [1.807, 2.05) is 6.07 Å². The molecule has 0 radical (unpaired) electrons. The lowest BCUT2D eigenvalue weighted by Crippen LogP contribution is -2.39. The van der Waals surface area contributed by atoms with Gasteiger partial charge >= 0.3 is 0 Å². The van der Waals surface area contributed by atoms with Crippen LogP contribution in [-0.2, 0) is 6.54 Å². The van der Waals surface area contributed by atoms with Gasteiger partial charge in [0.25, 0.3) is 0 Å². The maximum absolute atomic E-state index is 6.34. The Bertz CT molecular complexity index is 921. The van der Waals surface area contributed by atoms with E-state index in [1.54, 1.807) is 12.4 Å². The van der Waals surface area contributed by atoms with Gasteiger partial charge in [0.2, 0.25) is 5.95 Å². The minimum absolute atomic E-state index is 0.224. The van der Waals surface area contributed by atoms with Crippen LogP contribution in [0.15, 0.2) is 67.0 Å². The number of rotatable bonds is 6. The van der Waals surface area contributed by atoms with Crippen molar-refractivity contribution >= 4 is 5.95 Å². The first kappa shape index (κ1) is 19.4. The number of benzene rings is 2. The monoisotopic (exact) mass is 388 g/mol. The van der Waals surface area contributed by atoms with Crippen molar-refractivity contribution in [2.75, 3.05) is 32.1 Å². The molecule has 0 aliphatic carbocycles. The highest BCUT2D eigenvalue weighted by Gasteiger charge is 2.22. The van der Waals surface area contributed by atoms with E-state index >= 15 is 0 Å². The molecule has 1 aromatic heterocycles. The number of hydrogen-bond donors (Lipinski definition) is 0. The van der Waals surface area contributed by atoms with Crippen LogP contribution in [0.4, 0.5) is 5.95 Å². The van der Waals surface area contributed by atoms with Gasteiger partial charge in [-0.05, 0) is 49.0 Å². The van der Waals surface area contributed by atoms with Crippen LogP contribution >= 0.6 is 0 Å². The maximum atomic E-state index is 6.34. The summed E-state index contributed by atoms with van der Waals surface area (Å²) in [5.41, 5.74) is 3.79. The Kier molecular flexibility index (Phi) is 6.06. The molecular weight excluding hydrogens is 360 g/mol. The molecule has 0 saturated carbocycles. The summed E-state index contributed by atoms with van der Waals surface area (Å²) in [5, 5.41) is 0. The van der Waals surface area contributed by atoms with Crippen molar-refractivity contribution in [2.45, 2.75) is 25.5 Å². The van der Waals surface area contributed by atoms with Gasteiger partial charge in [0.1, 0.15) is 11.9 Å². The van der Waals surface area contributed by atoms with Crippen molar-refractivity contribution in [3.63, 3.8) is 0 Å². The van der Waals surface area contributed by atoms with Gasteiger partial charge in [-0.25, -0.2) is 9.97 Å². The SMILES string of the molecule is CN(C)Cc1ccccc1-c1cccc(OC2CCN(c3ncccn3)CC2)c1. The third-order valence-corrected chi connectivity index (χ3v) is 5.23. The lowest BCUT2D eigenvalue weighted by molar-refractivity contribution is 0.170. The van der Waals surface area contributed by atoms with E-state index in [0.717, 1.165) is 44.2 Å². The molecule has 0 unspecified atom stereocenters. The molecule has 2 aromatic carbocycles. The molecule has 0 spiro atoms. The molecule has 2 heterocycles. The van der Waals surface area contributed by atoms with Crippen LogP contribution in [-0.4, -0.2) is 48.2 Å². The molecule has 0 atom stereocenters. The van der Waals surface area contributed by atoms with Gasteiger partial charge < -0.3 is 14.5 Å². The van der Waals surface area contributed by atoms with Gasteiger partial charge in [0.05, 0.1) is 0 Å². The number of anilines is 1. The molecule has 150 valence electrons. The first-order chi connectivity index (χ1) is 14.2. The first-order valence-electron chi connectivity index (χ1n) is 10.2. The second-order valence-corrected chi connectivity index (χ2v) is 7.78. The van der Waals surface area contributed by atoms with Gasteiger partial charge in [-0.3, -0.25) is 0 Å². The van der Waals surface area contributed by atoms with Crippen molar-refractivity contribution in [1.29, 1.82) is 0 Å². The fraction of sp³-hybridized carbons (Fsp3) is 0.333. The smallest absolute Gasteiger partial charge is 0.225 e. The third kappa shape index (κ3) is 4.93. The molecule has 1 fully saturated rings. The Morgan fingerprint density at radius 3 is 2.48 bits per heavy atom. The Morgan fingerprint density at radius 1 is 0.966 bits per heavy atom. The molecule has 0 N–H and O–H groups in total. The van der Waals surface area contributed by atoms with Crippen molar-refractivity contribution in [3.05, 3.63) is 72.6 Å². The van der Waals surface area contributed by atoms with Crippen molar-refractivity contribution in [2.24, 2.45) is 0 Å². The summed E-state index contributed by atoms with van der Waals surface area (Å²) in [5.74, 6) is 1.75. The van der Waals surface area contributed by atoms with Crippen molar-refractivity contribution in [3.8, 4) is 16.9 Å². The number of ether oxygens (including phenoxy) is 1. The van der Waals surface area contributed by atoms with E-state index in [9.17, 15) is 0 Å². The normalized spacial score (nSPS) is 14.9.